The summed E-state index contributed by atoms with van der Waals surface area (Å²) in [6.45, 7) is 4.51. The number of carbonyl (C=O) groups is 2. The smallest absolute Gasteiger partial charge is 0.415 e. The van der Waals surface area contributed by atoms with Crippen molar-refractivity contribution in [3.8, 4) is 5.75 Å². The summed E-state index contributed by atoms with van der Waals surface area (Å²) in [5.41, 5.74) is 2.81. The van der Waals surface area contributed by atoms with Crippen molar-refractivity contribution in [1.82, 2.24) is 10.2 Å². The van der Waals surface area contributed by atoms with Crippen LogP contribution in [0.4, 0.5) is 10.5 Å². The van der Waals surface area contributed by atoms with Crippen molar-refractivity contribution in [2.24, 2.45) is 0 Å². The fraction of sp³-hybridized carbons (Fsp3) is 0.333. The minimum atomic E-state index is -0.750. The topological polar surface area (TPSA) is 101 Å². The molecule has 39 heavy (non-hydrogen) atoms. The highest BCUT2D eigenvalue weighted by Crippen LogP contribution is 2.38. The van der Waals surface area contributed by atoms with Gasteiger partial charge < -0.3 is 24.6 Å². The van der Waals surface area contributed by atoms with Crippen LogP contribution < -0.4 is 15.0 Å². The number of amides is 2. The van der Waals surface area contributed by atoms with Crippen LogP contribution in [0.5, 0.6) is 5.75 Å². The van der Waals surface area contributed by atoms with Crippen molar-refractivity contribution in [3.63, 3.8) is 0 Å². The van der Waals surface area contributed by atoms with Gasteiger partial charge in [0, 0.05) is 37.4 Å². The van der Waals surface area contributed by atoms with Gasteiger partial charge in [-0.25, -0.2) is 4.79 Å². The van der Waals surface area contributed by atoms with Crippen LogP contribution in [0.2, 0.25) is 0 Å². The molecule has 0 spiro atoms. The van der Waals surface area contributed by atoms with Gasteiger partial charge in [-0.1, -0.05) is 48.5 Å². The second-order valence-corrected chi connectivity index (χ2v) is 9.52. The quantitative estimate of drug-likeness (QED) is 0.414. The van der Waals surface area contributed by atoms with Gasteiger partial charge in [0.15, 0.2) is 6.10 Å². The maximum absolute atomic E-state index is 12.9. The highest BCUT2D eigenvalue weighted by atomic mass is 16.6. The number of cyclic esters (lactones) is 1. The van der Waals surface area contributed by atoms with Gasteiger partial charge in [-0.3, -0.25) is 14.6 Å². The van der Waals surface area contributed by atoms with E-state index in [4.69, 9.17) is 14.2 Å². The molecule has 2 fully saturated rings. The summed E-state index contributed by atoms with van der Waals surface area (Å²) >= 11 is 0. The van der Waals surface area contributed by atoms with E-state index in [1.807, 2.05) is 54.6 Å². The summed E-state index contributed by atoms with van der Waals surface area (Å²) in [5.74, 6) is 0.476. The molecule has 2 N–H and O–H groups in total. The number of ether oxygens (including phenoxy) is 3. The summed E-state index contributed by atoms with van der Waals surface area (Å²) in [6, 6.07) is 23.6. The first-order chi connectivity index (χ1) is 19.1. The molecule has 3 aromatic rings. The summed E-state index contributed by atoms with van der Waals surface area (Å²) in [7, 11) is 0. The molecule has 0 aliphatic carbocycles. The van der Waals surface area contributed by atoms with Crippen LogP contribution in [0.25, 0.3) is 0 Å². The number of rotatable bonds is 10. The third kappa shape index (κ3) is 6.57. The van der Waals surface area contributed by atoms with Crippen molar-refractivity contribution in [3.05, 3.63) is 95.6 Å². The van der Waals surface area contributed by atoms with E-state index in [0.29, 0.717) is 43.4 Å². The average Bonchev–Trinajstić information content (AvgIpc) is 3.33. The van der Waals surface area contributed by atoms with Gasteiger partial charge in [-0.05, 0) is 41.5 Å². The van der Waals surface area contributed by atoms with Crippen molar-refractivity contribution in [1.29, 1.82) is 0 Å². The number of hydrogen-bond acceptors (Lipinski definition) is 7. The minimum absolute atomic E-state index is 0.215. The van der Waals surface area contributed by atoms with E-state index in [2.05, 4.69) is 10.2 Å². The van der Waals surface area contributed by atoms with Gasteiger partial charge in [0.1, 0.15) is 18.4 Å². The van der Waals surface area contributed by atoms with E-state index in [-0.39, 0.29) is 12.5 Å². The first-order valence-corrected chi connectivity index (χ1v) is 13.2. The molecule has 0 aromatic heterocycles. The second kappa shape index (κ2) is 12.8. The van der Waals surface area contributed by atoms with Crippen molar-refractivity contribution >= 4 is 17.7 Å². The predicted octanol–water partition coefficient (Wildman–Crippen LogP) is 3.39. The number of morpholine rings is 1. The number of anilines is 1. The average molecular weight is 532 g/mol. The summed E-state index contributed by atoms with van der Waals surface area (Å²) < 4.78 is 16.8. The molecular formula is C30H33N3O6. The van der Waals surface area contributed by atoms with Gasteiger partial charge in [0.25, 0.3) is 5.91 Å². The molecule has 2 aliphatic heterocycles. The van der Waals surface area contributed by atoms with Crippen LogP contribution in [-0.2, 0) is 16.1 Å². The fourth-order valence-corrected chi connectivity index (χ4v) is 4.85. The Morgan fingerprint density at radius 1 is 1.00 bits per heavy atom. The molecule has 3 aromatic carbocycles. The Morgan fingerprint density at radius 3 is 2.51 bits per heavy atom. The van der Waals surface area contributed by atoms with E-state index in [9.17, 15) is 14.7 Å². The summed E-state index contributed by atoms with van der Waals surface area (Å²) in [4.78, 5) is 29.5. The number of benzene rings is 3. The zero-order chi connectivity index (χ0) is 27.0. The SMILES string of the molecule is O=C(NCCN1CCOCC1)c1cccc(N2C(=O)O[C@H](CO)[C@H]2c2ccc(OCc3ccccc3)cc2)c1. The molecule has 2 heterocycles. The molecular weight excluding hydrogens is 498 g/mol. The second-order valence-electron chi connectivity index (χ2n) is 9.52. The third-order valence-electron chi connectivity index (χ3n) is 6.93. The Kier molecular flexibility index (Phi) is 8.72. The predicted molar refractivity (Wildman–Crippen MR) is 146 cm³/mol. The van der Waals surface area contributed by atoms with E-state index in [1.165, 1.54) is 4.90 Å². The highest BCUT2D eigenvalue weighted by Gasteiger charge is 2.43. The molecule has 2 saturated heterocycles. The highest BCUT2D eigenvalue weighted by molar-refractivity contribution is 5.97. The lowest BCUT2D eigenvalue weighted by Crippen LogP contribution is -2.41. The van der Waals surface area contributed by atoms with Gasteiger partial charge in [0.2, 0.25) is 0 Å². The first kappa shape index (κ1) is 26.7. The minimum Gasteiger partial charge on any atom is -0.489 e. The fourth-order valence-electron chi connectivity index (χ4n) is 4.85. The number of aliphatic hydroxyl groups is 1. The maximum atomic E-state index is 12.9. The van der Waals surface area contributed by atoms with Gasteiger partial charge in [-0.2, -0.15) is 0 Å². The zero-order valence-electron chi connectivity index (χ0n) is 21.7. The van der Waals surface area contributed by atoms with Crippen LogP contribution >= 0.6 is 0 Å². The molecule has 0 saturated carbocycles. The molecule has 2 atom stereocenters. The van der Waals surface area contributed by atoms with E-state index < -0.39 is 18.2 Å². The molecule has 204 valence electrons. The lowest BCUT2D eigenvalue weighted by atomic mass is 10.00. The van der Waals surface area contributed by atoms with Crippen LogP contribution in [-0.4, -0.2) is 74.1 Å². The Balaban J connectivity index is 1.27. The van der Waals surface area contributed by atoms with Gasteiger partial charge >= 0.3 is 6.09 Å². The Labute approximate surface area is 227 Å². The number of hydrogen-bond donors (Lipinski definition) is 2. The largest absolute Gasteiger partial charge is 0.489 e. The molecule has 0 radical (unpaired) electrons. The van der Waals surface area contributed by atoms with Crippen molar-refractivity contribution in [2.75, 3.05) is 50.9 Å². The Morgan fingerprint density at radius 2 is 1.77 bits per heavy atom. The first-order valence-electron chi connectivity index (χ1n) is 13.2. The molecule has 2 aliphatic rings. The van der Waals surface area contributed by atoms with Crippen LogP contribution in [0, 0.1) is 0 Å². The lowest BCUT2D eigenvalue weighted by Gasteiger charge is -2.26. The van der Waals surface area contributed by atoms with Crippen molar-refractivity contribution < 1.29 is 28.9 Å². The summed E-state index contributed by atoms with van der Waals surface area (Å²) in [5, 5.41) is 12.9. The normalized spacial score (nSPS) is 19.5. The van der Waals surface area contributed by atoms with E-state index in [1.54, 1.807) is 24.3 Å². The van der Waals surface area contributed by atoms with Crippen LogP contribution in [0.3, 0.4) is 0 Å². The van der Waals surface area contributed by atoms with E-state index >= 15 is 0 Å². The number of nitrogens with one attached hydrogen (secondary N) is 1. The Hall–Kier alpha value is -3.92. The Bertz CT molecular complexity index is 1250. The monoisotopic (exact) mass is 531 g/mol. The maximum Gasteiger partial charge on any atom is 0.415 e. The molecule has 5 rings (SSSR count). The lowest BCUT2D eigenvalue weighted by molar-refractivity contribution is 0.0383. The molecule has 9 heteroatoms. The molecule has 0 bridgehead atoms. The zero-order valence-corrected chi connectivity index (χ0v) is 21.7. The van der Waals surface area contributed by atoms with Crippen LogP contribution in [0.1, 0.15) is 27.5 Å². The number of aliphatic hydroxyl groups excluding tert-OH is 1. The van der Waals surface area contributed by atoms with Gasteiger partial charge in [0.05, 0.1) is 19.8 Å². The van der Waals surface area contributed by atoms with Gasteiger partial charge in [-0.15, -0.1) is 0 Å². The van der Waals surface area contributed by atoms with Crippen molar-refractivity contribution in [2.45, 2.75) is 18.8 Å². The third-order valence-corrected chi connectivity index (χ3v) is 6.93. The molecule has 2 amide bonds. The molecule has 0 unspecified atom stereocenters. The number of carbonyl (C=O) groups excluding carboxylic acids is 2. The number of nitrogens with zero attached hydrogens (tertiary/aromatic N) is 2. The van der Waals surface area contributed by atoms with Crippen LogP contribution in [0.15, 0.2) is 78.9 Å². The summed E-state index contributed by atoms with van der Waals surface area (Å²) in [6.07, 6.45) is -1.33. The molecule has 9 nitrogen and oxygen atoms in total. The standard InChI is InChI=1S/C30H33N3O6/c34-20-27-28(23-9-11-26(12-10-23)38-21-22-5-2-1-3-6-22)33(30(36)39-27)25-8-4-7-24(19-25)29(35)31-13-14-32-15-17-37-18-16-32/h1-12,19,27-28,34H,13-18,20-21H2,(H,31,35)/t27-,28-/m1/s1. The van der Waals surface area contributed by atoms with E-state index in [0.717, 1.165) is 30.8 Å².